The Morgan fingerprint density at radius 2 is 1.73 bits per heavy atom. The van der Waals surface area contributed by atoms with Crippen molar-refractivity contribution in [3.05, 3.63) is 69.5 Å². The normalized spacial score (nSPS) is 10.6. The van der Waals surface area contributed by atoms with Crippen LogP contribution in [0.5, 0.6) is 0 Å². The molecule has 10 nitrogen and oxygen atoms in total. The fourth-order valence-electron chi connectivity index (χ4n) is 3.10. The van der Waals surface area contributed by atoms with Gasteiger partial charge in [0.25, 0.3) is 5.69 Å². The van der Waals surface area contributed by atoms with Gasteiger partial charge in [0, 0.05) is 24.4 Å². The van der Waals surface area contributed by atoms with Gasteiger partial charge in [0.15, 0.2) is 5.16 Å². The molecule has 0 aliphatic carbocycles. The van der Waals surface area contributed by atoms with Crippen LogP contribution in [0.3, 0.4) is 0 Å². The Balaban J connectivity index is 1.61. The summed E-state index contributed by atoms with van der Waals surface area (Å²) in [6, 6.07) is 11.8. The maximum atomic E-state index is 12.5. The monoisotopic (exact) mass is 468 g/mol. The largest absolute Gasteiger partial charge is 0.325 e. The van der Waals surface area contributed by atoms with Crippen LogP contribution < -0.4 is 10.6 Å². The summed E-state index contributed by atoms with van der Waals surface area (Å²) in [5.41, 5.74) is 2.72. The van der Waals surface area contributed by atoms with E-state index in [-0.39, 0.29) is 29.7 Å². The second-order valence-corrected chi connectivity index (χ2v) is 8.22. The van der Waals surface area contributed by atoms with E-state index < -0.39 is 4.92 Å². The number of carbonyl (C=O) groups excluding carboxylic acids is 2. The number of amides is 2. The molecule has 3 aromatic rings. The highest BCUT2D eigenvalue weighted by molar-refractivity contribution is 7.99. The molecular weight excluding hydrogens is 444 g/mol. The van der Waals surface area contributed by atoms with Gasteiger partial charge >= 0.3 is 0 Å². The van der Waals surface area contributed by atoms with Gasteiger partial charge < -0.3 is 15.2 Å². The van der Waals surface area contributed by atoms with Crippen LogP contribution in [0.25, 0.3) is 0 Å². The summed E-state index contributed by atoms with van der Waals surface area (Å²) in [5.74, 6) is 0.00585. The van der Waals surface area contributed by atoms with Crippen molar-refractivity contribution in [2.45, 2.75) is 38.9 Å². The predicted molar refractivity (Wildman–Crippen MR) is 126 cm³/mol. The fourth-order valence-corrected chi connectivity index (χ4v) is 3.92. The van der Waals surface area contributed by atoms with E-state index in [0.717, 1.165) is 16.8 Å². The molecule has 0 saturated heterocycles. The smallest absolute Gasteiger partial charge is 0.271 e. The molecule has 2 amide bonds. The SMILES string of the molecule is CCn1c(CC(=O)Nc2ccccc2C)nnc1SCC(=O)Nc1cc([N+](=O)[O-])ccc1C. The van der Waals surface area contributed by atoms with Crippen molar-refractivity contribution in [3.8, 4) is 0 Å². The number of aromatic nitrogens is 3. The number of anilines is 2. The summed E-state index contributed by atoms with van der Waals surface area (Å²) < 4.78 is 1.79. The fraction of sp³-hybridized carbons (Fsp3) is 0.273. The zero-order chi connectivity index (χ0) is 24.0. The average molecular weight is 469 g/mol. The Bertz CT molecular complexity index is 1190. The summed E-state index contributed by atoms with van der Waals surface area (Å²) in [4.78, 5) is 35.4. The predicted octanol–water partition coefficient (Wildman–Crippen LogP) is 3.74. The van der Waals surface area contributed by atoms with Crippen molar-refractivity contribution in [1.82, 2.24) is 14.8 Å². The van der Waals surface area contributed by atoms with Crippen LogP contribution in [0, 0.1) is 24.0 Å². The number of hydrogen-bond donors (Lipinski definition) is 2. The molecule has 0 fully saturated rings. The number of nitro groups is 1. The van der Waals surface area contributed by atoms with Crippen LogP contribution in [0.2, 0.25) is 0 Å². The second-order valence-electron chi connectivity index (χ2n) is 7.28. The highest BCUT2D eigenvalue weighted by Gasteiger charge is 2.17. The lowest BCUT2D eigenvalue weighted by Crippen LogP contribution is -2.18. The highest BCUT2D eigenvalue weighted by atomic mass is 32.2. The van der Waals surface area contributed by atoms with Gasteiger partial charge in [-0.2, -0.15) is 0 Å². The van der Waals surface area contributed by atoms with Gasteiger partial charge in [-0.15, -0.1) is 10.2 Å². The number of nitrogens with one attached hydrogen (secondary N) is 2. The molecule has 0 aliphatic rings. The minimum Gasteiger partial charge on any atom is -0.325 e. The highest BCUT2D eigenvalue weighted by Crippen LogP contribution is 2.23. The first-order valence-electron chi connectivity index (χ1n) is 10.2. The van der Waals surface area contributed by atoms with Crippen LogP contribution in [0.4, 0.5) is 17.1 Å². The van der Waals surface area contributed by atoms with Crippen molar-refractivity contribution >= 4 is 40.6 Å². The summed E-state index contributed by atoms with van der Waals surface area (Å²) in [7, 11) is 0. The van der Waals surface area contributed by atoms with Gasteiger partial charge in [-0.1, -0.05) is 36.0 Å². The van der Waals surface area contributed by atoms with Crippen molar-refractivity contribution in [2.75, 3.05) is 16.4 Å². The lowest BCUT2D eigenvalue weighted by molar-refractivity contribution is -0.384. The molecule has 1 heterocycles. The van der Waals surface area contributed by atoms with E-state index in [2.05, 4.69) is 20.8 Å². The molecule has 11 heteroatoms. The molecule has 1 aromatic heterocycles. The molecule has 0 radical (unpaired) electrons. The van der Waals surface area contributed by atoms with Crippen molar-refractivity contribution in [2.24, 2.45) is 0 Å². The summed E-state index contributed by atoms with van der Waals surface area (Å²) >= 11 is 1.18. The number of hydrogen-bond acceptors (Lipinski definition) is 7. The van der Waals surface area contributed by atoms with Gasteiger partial charge in [0.2, 0.25) is 11.8 Å². The van der Waals surface area contributed by atoms with Gasteiger partial charge in [-0.25, -0.2) is 0 Å². The molecule has 0 saturated carbocycles. The summed E-state index contributed by atoms with van der Waals surface area (Å²) in [6.07, 6.45) is 0.0504. The van der Waals surface area contributed by atoms with Gasteiger partial charge in [0.1, 0.15) is 5.82 Å². The average Bonchev–Trinajstić information content (AvgIpc) is 3.16. The lowest BCUT2D eigenvalue weighted by atomic mass is 10.2. The summed E-state index contributed by atoms with van der Waals surface area (Å²) in [5, 5.41) is 25.3. The zero-order valence-electron chi connectivity index (χ0n) is 18.5. The third-order valence-corrected chi connectivity index (χ3v) is 5.85. The molecule has 0 bridgehead atoms. The Hall–Kier alpha value is -3.73. The first-order valence-corrected chi connectivity index (χ1v) is 11.2. The minimum absolute atomic E-state index is 0.0374. The van der Waals surface area contributed by atoms with Crippen LogP contribution in [0.1, 0.15) is 23.9 Å². The molecule has 0 spiro atoms. The maximum Gasteiger partial charge on any atom is 0.271 e. The molecule has 0 aliphatic heterocycles. The number of benzene rings is 2. The molecule has 0 unspecified atom stereocenters. The van der Waals surface area contributed by atoms with Crippen LogP contribution in [0.15, 0.2) is 47.6 Å². The first-order chi connectivity index (χ1) is 15.8. The minimum atomic E-state index is -0.510. The number of thioether (sulfide) groups is 1. The van der Waals surface area contributed by atoms with E-state index in [9.17, 15) is 19.7 Å². The molecule has 172 valence electrons. The van der Waals surface area contributed by atoms with Crippen molar-refractivity contribution in [3.63, 3.8) is 0 Å². The number of nitro benzene ring substituents is 1. The van der Waals surface area contributed by atoms with E-state index >= 15 is 0 Å². The van der Waals surface area contributed by atoms with Gasteiger partial charge in [-0.3, -0.25) is 19.7 Å². The number of aryl methyl sites for hydroxylation is 2. The number of carbonyl (C=O) groups is 2. The molecular formula is C22H24N6O4S. The molecule has 33 heavy (non-hydrogen) atoms. The lowest BCUT2D eigenvalue weighted by Gasteiger charge is -2.10. The molecule has 3 rings (SSSR count). The van der Waals surface area contributed by atoms with Crippen LogP contribution in [-0.4, -0.2) is 37.3 Å². The van der Waals surface area contributed by atoms with Crippen LogP contribution >= 0.6 is 11.8 Å². The van der Waals surface area contributed by atoms with Crippen molar-refractivity contribution < 1.29 is 14.5 Å². The quantitative estimate of drug-likeness (QED) is 0.278. The number of rotatable bonds is 9. The van der Waals surface area contributed by atoms with E-state index in [1.807, 2.05) is 38.1 Å². The topological polar surface area (TPSA) is 132 Å². The number of nitrogens with zero attached hydrogens (tertiary/aromatic N) is 4. The van der Waals surface area contributed by atoms with Gasteiger partial charge in [0.05, 0.1) is 22.8 Å². The Morgan fingerprint density at radius 3 is 2.42 bits per heavy atom. The van der Waals surface area contributed by atoms with E-state index in [1.54, 1.807) is 17.6 Å². The Kier molecular flexibility index (Phi) is 7.78. The van der Waals surface area contributed by atoms with Crippen LogP contribution in [-0.2, 0) is 22.6 Å². The Labute approximate surface area is 194 Å². The number of non-ortho nitro benzene ring substituents is 1. The Morgan fingerprint density at radius 1 is 1.03 bits per heavy atom. The molecule has 0 atom stereocenters. The summed E-state index contributed by atoms with van der Waals surface area (Å²) in [6.45, 7) is 6.12. The third kappa shape index (κ3) is 6.16. The molecule has 2 N–H and O–H groups in total. The standard InChI is InChI=1S/C22H24N6O4S/c1-4-27-19(12-20(29)23-17-8-6-5-7-14(17)2)25-26-22(27)33-13-21(30)24-18-11-16(28(31)32)10-9-15(18)3/h5-11H,4,12-13H2,1-3H3,(H,23,29)(H,24,30). The third-order valence-electron chi connectivity index (χ3n) is 4.89. The number of para-hydroxylation sites is 1. The van der Waals surface area contributed by atoms with E-state index in [1.165, 1.54) is 23.9 Å². The second kappa shape index (κ2) is 10.7. The van der Waals surface area contributed by atoms with E-state index in [0.29, 0.717) is 23.2 Å². The molecule has 2 aromatic carbocycles. The van der Waals surface area contributed by atoms with Crippen molar-refractivity contribution in [1.29, 1.82) is 0 Å². The maximum absolute atomic E-state index is 12.5. The van der Waals surface area contributed by atoms with E-state index in [4.69, 9.17) is 0 Å². The van der Waals surface area contributed by atoms with Gasteiger partial charge in [-0.05, 0) is 38.0 Å². The first kappa shape index (κ1) is 23.9. The zero-order valence-corrected chi connectivity index (χ0v) is 19.3.